The maximum atomic E-state index is 12.1. The molecule has 1 fully saturated rings. The molecule has 0 saturated heterocycles. The molecule has 0 spiro atoms. The van der Waals surface area contributed by atoms with E-state index in [1.807, 2.05) is 54.6 Å². The molecule has 2 aromatic carbocycles. The number of nitrogens with one attached hydrogen (secondary N) is 1. The third kappa shape index (κ3) is 3.36. The molecule has 0 heterocycles. The first-order chi connectivity index (χ1) is 10.8. The van der Waals surface area contributed by atoms with Gasteiger partial charge in [-0.05, 0) is 36.1 Å². The van der Waals surface area contributed by atoms with E-state index in [1.165, 1.54) is 12.8 Å². The fraction of sp³-hybridized carbons (Fsp3) is 0.211. The Morgan fingerprint density at radius 2 is 1.82 bits per heavy atom. The normalized spacial score (nSPS) is 14.6. The number of hydrogen-bond acceptors (Lipinski definition) is 2. The number of carbonyl (C=O) groups is 1. The molecule has 0 bridgehead atoms. The fourth-order valence-electron chi connectivity index (χ4n) is 2.41. The van der Waals surface area contributed by atoms with Crippen molar-refractivity contribution in [2.75, 3.05) is 0 Å². The van der Waals surface area contributed by atoms with Crippen LogP contribution in [0.15, 0.2) is 54.6 Å². The maximum absolute atomic E-state index is 12.1. The second-order valence-corrected chi connectivity index (χ2v) is 5.49. The average Bonchev–Trinajstić information content (AvgIpc) is 3.39. The molecular weight excluding hydrogens is 274 g/mol. The van der Waals surface area contributed by atoms with E-state index in [4.69, 9.17) is 5.21 Å². The summed E-state index contributed by atoms with van der Waals surface area (Å²) < 4.78 is 0. The standard InChI is InChI=1S/C19H17NO2/c21-19(20-22)18(16-6-2-1-3-7-16)17-8-4-5-15(13-17)12-11-14-9-10-14/h1-8,13-14,18,22H,9-10H2,(H,20,21). The van der Waals surface area contributed by atoms with Crippen molar-refractivity contribution >= 4 is 5.91 Å². The number of carbonyl (C=O) groups excluding carboxylic acids is 1. The zero-order valence-corrected chi connectivity index (χ0v) is 12.1. The van der Waals surface area contributed by atoms with E-state index in [2.05, 4.69) is 11.8 Å². The van der Waals surface area contributed by atoms with Crippen molar-refractivity contribution in [2.45, 2.75) is 18.8 Å². The molecule has 1 saturated carbocycles. The number of amides is 1. The van der Waals surface area contributed by atoms with Gasteiger partial charge in [0.2, 0.25) is 0 Å². The monoisotopic (exact) mass is 291 g/mol. The molecule has 2 aromatic rings. The smallest absolute Gasteiger partial charge is 0.255 e. The van der Waals surface area contributed by atoms with Crippen LogP contribution in [-0.2, 0) is 4.79 Å². The molecule has 3 heteroatoms. The summed E-state index contributed by atoms with van der Waals surface area (Å²) in [6, 6.07) is 17.1. The molecule has 0 aromatic heterocycles. The Kier molecular flexibility index (Phi) is 4.22. The molecule has 0 radical (unpaired) electrons. The Morgan fingerprint density at radius 1 is 1.09 bits per heavy atom. The number of hydroxylamine groups is 1. The van der Waals surface area contributed by atoms with Gasteiger partial charge in [-0.25, -0.2) is 5.48 Å². The summed E-state index contributed by atoms with van der Waals surface area (Å²) in [6.07, 6.45) is 2.37. The summed E-state index contributed by atoms with van der Waals surface area (Å²) in [5.74, 6) is 5.93. The first-order valence-corrected chi connectivity index (χ1v) is 7.38. The van der Waals surface area contributed by atoms with Gasteiger partial charge < -0.3 is 0 Å². The van der Waals surface area contributed by atoms with Crippen LogP contribution in [0.2, 0.25) is 0 Å². The van der Waals surface area contributed by atoms with Gasteiger partial charge in [-0.3, -0.25) is 10.0 Å². The third-order valence-electron chi connectivity index (χ3n) is 3.72. The van der Waals surface area contributed by atoms with E-state index in [0.29, 0.717) is 5.92 Å². The van der Waals surface area contributed by atoms with Crippen LogP contribution >= 0.6 is 0 Å². The van der Waals surface area contributed by atoms with E-state index in [-0.39, 0.29) is 0 Å². The van der Waals surface area contributed by atoms with Crippen molar-refractivity contribution in [2.24, 2.45) is 5.92 Å². The molecule has 1 atom stereocenters. The Hall–Kier alpha value is -2.57. The molecule has 3 rings (SSSR count). The molecule has 3 nitrogen and oxygen atoms in total. The topological polar surface area (TPSA) is 49.3 Å². The quantitative estimate of drug-likeness (QED) is 0.519. The van der Waals surface area contributed by atoms with Crippen LogP contribution in [0, 0.1) is 17.8 Å². The van der Waals surface area contributed by atoms with E-state index >= 15 is 0 Å². The largest absolute Gasteiger partial charge is 0.289 e. The van der Waals surface area contributed by atoms with Crippen molar-refractivity contribution in [3.63, 3.8) is 0 Å². The highest BCUT2D eigenvalue weighted by Crippen LogP contribution is 2.28. The summed E-state index contributed by atoms with van der Waals surface area (Å²) in [5, 5.41) is 9.05. The van der Waals surface area contributed by atoms with Crippen LogP contribution in [0.5, 0.6) is 0 Å². The lowest BCUT2D eigenvalue weighted by atomic mass is 9.90. The predicted molar refractivity (Wildman–Crippen MR) is 84.3 cm³/mol. The molecular formula is C19H17NO2. The molecule has 22 heavy (non-hydrogen) atoms. The Morgan fingerprint density at radius 3 is 2.50 bits per heavy atom. The second kappa shape index (κ2) is 6.46. The lowest BCUT2D eigenvalue weighted by Crippen LogP contribution is -2.27. The van der Waals surface area contributed by atoms with Gasteiger partial charge in [-0.15, -0.1) is 0 Å². The maximum Gasteiger partial charge on any atom is 0.255 e. The molecule has 2 N–H and O–H groups in total. The molecule has 1 aliphatic carbocycles. The highest BCUT2D eigenvalue weighted by molar-refractivity contribution is 5.86. The van der Waals surface area contributed by atoms with Gasteiger partial charge >= 0.3 is 0 Å². The first-order valence-electron chi connectivity index (χ1n) is 7.38. The van der Waals surface area contributed by atoms with Crippen molar-refractivity contribution in [3.8, 4) is 11.8 Å². The van der Waals surface area contributed by atoms with Crippen molar-refractivity contribution < 1.29 is 10.0 Å². The fourth-order valence-corrected chi connectivity index (χ4v) is 2.41. The Bertz CT molecular complexity index is 724. The van der Waals surface area contributed by atoms with Crippen LogP contribution in [0.1, 0.15) is 35.4 Å². The van der Waals surface area contributed by atoms with Crippen LogP contribution < -0.4 is 5.48 Å². The molecule has 110 valence electrons. The summed E-state index contributed by atoms with van der Waals surface area (Å²) in [4.78, 5) is 12.1. The minimum Gasteiger partial charge on any atom is -0.289 e. The molecule has 0 aliphatic heterocycles. The minimum atomic E-state index is -0.547. The minimum absolute atomic E-state index is 0.446. The van der Waals surface area contributed by atoms with E-state index < -0.39 is 11.8 Å². The predicted octanol–water partition coefficient (Wildman–Crippen LogP) is 3.09. The van der Waals surface area contributed by atoms with Crippen molar-refractivity contribution in [1.29, 1.82) is 0 Å². The number of rotatable bonds is 3. The van der Waals surface area contributed by atoms with E-state index in [9.17, 15) is 4.79 Å². The zero-order chi connectivity index (χ0) is 15.4. The third-order valence-corrected chi connectivity index (χ3v) is 3.72. The number of hydrogen-bond donors (Lipinski definition) is 2. The van der Waals surface area contributed by atoms with E-state index in [1.54, 1.807) is 5.48 Å². The lowest BCUT2D eigenvalue weighted by Gasteiger charge is -2.16. The molecule has 1 amide bonds. The summed E-state index contributed by atoms with van der Waals surface area (Å²) in [5.41, 5.74) is 4.32. The van der Waals surface area contributed by atoms with Crippen molar-refractivity contribution in [3.05, 3.63) is 71.3 Å². The highest BCUT2D eigenvalue weighted by atomic mass is 16.5. The van der Waals surface area contributed by atoms with Gasteiger partial charge in [-0.2, -0.15) is 0 Å². The van der Waals surface area contributed by atoms with Gasteiger partial charge in [0.15, 0.2) is 0 Å². The second-order valence-electron chi connectivity index (χ2n) is 5.49. The van der Waals surface area contributed by atoms with Gasteiger partial charge in [-0.1, -0.05) is 54.3 Å². The zero-order valence-electron chi connectivity index (χ0n) is 12.1. The summed E-state index contributed by atoms with van der Waals surface area (Å²) in [6.45, 7) is 0. The lowest BCUT2D eigenvalue weighted by molar-refractivity contribution is -0.129. The average molecular weight is 291 g/mol. The van der Waals surface area contributed by atoms with Crippen LogP contribution in [0.4, 0.5) is 0 Å². The van der Waals surface area contributed by atoms with Crippen LogP contribution in [0.25, 0.3) is 0 Å². The highest BCUT2D eigenvalue weighted by Gasteiger charge is 2.22. The van der Waals surface area contributed by atoms with Gasteiger partial charge in [0.05, 0.1) is 5.92 Å². The first kappa shape index (κ1) is 14.4. The van der Waals surface area contributed by atoms with Gasteiger partial charge in [0.25, 0.3) is 5.91 Å². The summed E-state index contributed by atoms with van der Waals surface area (Å²) >= 11 is 0. The van der Waals surface area contributed by atoms with Gasteiger partial charge in [0.1, 0.15) is 0 Å². The summed E-state index contributed by atoms with van der Waals surface area (Å²) in [7, 11) is 0. The van der Waals surface area contributed by atoms with Crippen LogP contribution in [0.3, 0.4) is 0 Å². The Labute approximate surface area is 129 Å². The Balaban J connectivity index is 1.96. The van der Waals surface area contributed by atoms with Crippen LogP contribution in [-0.4, -0.2) is 11.1 Å². The SMILES string of the molecule is O=C(NO)C(c1ccccc1)c1cccc(C#CC2CC2)c1. The molecule has 1 aliphatic rings. The van der Waals surface area contributed by atoms with E-state index in [0.717, 1.165) is 16.7 Å². The number of benzene rings is 2. The molecule has 1 unspecified atom stereocenters. The van der Waals surface area contributed by atoms with Gasteiger partial charge in [0, 0.05) is 11.5 Å². The van der Waals surface area contributed by atoms with Crippen molar-refractivity contribution in [1.82, 2.24) is 5.48 Å².